The molecule has 2 fully saturated rings. The number of amides is 2. The Balaban J connectivity index is 1.42. The maximum absolute atomic E-state index is 13.5. The number of rotatable bonds is 3. The zero-order valence-corrected chi connectivity index (χ0v) is 19.5. The molecule has 8 nitrogen and oxygen atoms in total. The normalized spacial score (nSPS) is 19.4. The van der Waals surface area contributed by atoms with E-state index >= 15 is 0 Å². The molecule has 0 N–H and O–H groups in total. The van der Waals surface area contributed by atoms with E-state index in [4.69, 9.17) is 4.98 Å². The highest BCUT2D eigenvalue weighted by Crippen LogP contribution is 2.31. The van der Waals surface area contributed by atoms with Crippen LogP contribution in [0, 0.1) is 6.92 Å². The Kier molecular flexibility index (Phi) is 5.62. The number of pyridine rings is 1. The topological polar surface area (TPSA) is 74.6 Å². The molecule has 0 radical (unpaired) electrons. The molecule has 2 amide bonds. The molecular formula is C25H30N6O2. The standard InChI is InChI=1S/C25H30N6O2/c1-17-21(15-26-29(17)3)25(33)31-9-8-18(16-31)23-14-20(19-6-4-5-7-22(19)27-23)24(32)30-12-10-28(2)11-13-30/h4-7,14-15,18H,8-13,16H2,1-3H3/t18-/m0/s1. The van der Waals surface area contributed by atoms with Gasteiger partial charge in [-0.05, 0) is 32.5 Å². The van der Waals surface area contributed by atoms with Gasteiger partial charge in [-0.15, -0.1) is 0 Å². The Hall–Kier alpha value is -3.26. The second kappa shape index (κ2) is 8.59. The van der Waals surface area contributed by atoms with Crippen LogP contribution in [0.4, 0.5) is 0 Å². The molecule has 8 heteroatoms. The van der Waals surface area contributed by atoms with Crippen molar-refractivity contribution in [2.45, 2.75) is 19.3 Å². The number of carbonyl (C=O) groups is 2. The van der Waals surface area contributed by atoms with Crippen LogP contribution in [0.15, 0.2) is 36.5 Å². The molecule has 1 atom stereocenters. The third-order valence-electron chi connectivity index (χ3n) is 7.12. The van der Waals surface area contributed by atoms with Gasteiger partial charge in [0.15, 0.2) is 0 Å². The van der Waals surface area contributed by atoms with Crippen LogP contribution in [0.25, 0.3) is 10.9 Å². The maximum Gasteiger partial charge on any atom is 0.257 e. The van der Waals surface area contributed by atoms with Crippen molar-refractivity contribution in [2.75, 3.05) is 46.3 Å². The van der Waals surface area contributed by atoms with E-state index in [1.54, 1.807) is 10.9 Å². The van der Waals surface area contributed by atoms with Crippen molar-refractivity contribution in [3.05, 3.63) is 59.0 Å². The molecule has 2 aromatic heterocycles. The molecule has 0 spiro atoms. The number of para-hydroxylation sites is 1. The number of carbonyl (C=O) groups excluding carboxylic acids is 2. The highest BCUT2D eigenvalue weighted by Gasteiger charge is 2.31. The fraction of sp³-hybridized carbons (Fsp3) is 0.440. The first-order chi connectivity index (χ1) is 15.9. The third-order valence-corrected chi connectivity index (χ3v) is 7.12. The summed E-state index contributed by atoms with van der Waals surface area (Å²) in [6, 6.07) is 9.83. The van der Waals surface area contributed by atoms with Gasteiger partial charge in [0, 0.05) is 69.0 Å². The lowest BCUT2D eigenvalue weighted by molar-refractivity contribution is 0.0665. The number of likely N-dealkylation sites (tertiary alicyclic amines) is 1. The first kappa shape index (κ1) is 21.6. The molecule has 3 aromatic rings. The SMILES string of the molecule is Cc1c(C(=O)N2CC[C@H](c3cc(C(=O)N4CCN(C)CC4)c4ccccc4n3)C2)cnn1C. The Labute approximate surface area is 193 Å². The van der Waals surface area contributed by atoms with Crippen LogP contribution in [0.2, 0.25) is 0 Å². The Bertz CT molecular complexity index is 1210. The molecule has 1 aromatic carbocycles. The number of aryl methyl sites for hydroxylation is 1. The van der Waals surface area contributed by atoms with Crippen LogP contribution < -0.4 is 0 Å². The lowest BCUT2D eigenvalue weighted by Gasteiger charge is -2.32. The van der Waals surface area contributed by atoms with Crippen LogP contribution >= 0.6 is 0 Å². The molecule has 33 heavy (non-hydrogen) atoms. The van der Waals surface area contributed by atoms with Crippen LogP contribution in [-0.4, -0.2) is 87.6 Å². The molecule has 0 aliphatic carbocycles. The third kappa shape index (κ3) is 3.99. The van der Waals surface area contributed by atoms with E-state index < -0.39 is 0 Å². The summed E-state index contributed by atoms with van der Waals surface area (Å²) >= 11 is 0. The van der Waals surface area contributed by atoms with Crippen molar-refractivity contribution in [3.63, 3.8) is 0 Å². The predicted molar refractivity (Wildman–Crippen MR) is 126 cm³/mol. The van der Waals surface area contributed by atoms with E-state index in [-0.39, 0.29) is 17.7 Å². The van der Waals surface area contributed by atoms with E-state index in [0.29, 0.717) is 24.2 Å². The second-order valence-electron chi connectivity index (χ2n) is 9.21. The van der Waals surface area contributed by atoms with Gasteiger partial charge in [0.2, 0.25) is 0 Å². The highest BCUT2D eigenvalue weighted by molar-refractivity contribution is 6.06. The molecule has 2 saturated heterocycles. The van der Waals surface area contributed by atoms with E-state index in [0.717, 1.165) is 54.9 Å². The average Bonchev–Trinajstić information content (AvgIpc) is 3.45. The number of benzene rings is 1. The minimum Gasteiger partial charge on any atom is -0.338 e. The minimum absolute atomic E-state index is 0.0117. The van der Waals surface area contributed by atoms with Gasteiger partial charge in [-0.2, -0.15) is 5.10 Å². The van der Waals surface area contributed by atoms with Gasteiger partial charge in [-0.25, -0.2) is 0 Å². The molecule has 2 aliphatic rings. The van der Waals surface area contributed by atoms with Crippen molar-refractivity contribution in [3.8, 4) is 0 Å². The number of likely N-dealkylation sites (N-methyl/N-ethyl adjacent to an activating group) is 1. The summed E-state index contributed by atoms with van der Waals surface area (Å²) in [5.74, 6) is 0.187. The summed E-state index contributed by atoms with van der Waals surface area (Å²) in [5, 5.41) is 5.10. The van der Waals surface area contributed by atoms with Gasteiger partial charge >= 0.3 is 0 Å². The molecule has 2 aliphatic heterocycles. The molecule has 5 rings (SSSR count). The minimum atomic E-state index is 0.0117. The number of aromatic nitrogens is 3. The average molecular weight is 447 g/mol. The molecule has 172 valence electrons. The maximum atomic E-state index is 13.5. The number of piperazine rings is 1. The van der Waals surface area contributed by atoms with Crippen molar-refractivity contribution in [2.24, 2.45) is 7.05 Å². The number of hydrogen-bond donors (Lipinski definition) is 0. The fourth-order valence-corrected chi connectivity index (χ4v) is 4.83. The summed E-state index contributed by atoms with van der Waals surface area (Å²) in [4.78, 5) is 37.5. The van der Waals surface area contributed by atoms with Crippen LogP contribution in [0.3, 0.4) is 0 Å². The summed E-state index contributed by atoms with van der Waals surface area (Å²) in [6.45, 7) is 6.42. The van der Waals surface area contributed by atoms with Crippen molar-refractivity contribution in [1.82, 2.24) is 29.5 Å². The van der Waals surface area contributed by atoms with E-state index in [1.165, 1.54) is 0 Å². The zero-order chi connectivity index (χ0) is 23.1. The first-order valence-corrected chi connectivity index (χ1v) is 11.6. The Morgan fingerprint density at radius 3 is 2.39 bits per heavy atom. The first-order valence-electron chi connectivity index (χ1n) is 11.6. The van der Waals surface area contributed by atoms with Gasteiger partial charge in [0.05, 0.1) is 22.8 Å². The van der Waals surface area contributed by atoms with Gasteiger partial charge < -0.3 is 14.7 Å². The Morgan fingerprint density at radius 1 is 0.939 bits per heavy atom. The zero-order valence-electron chi connectivity index (χ0n) is 19.5. The van der Waals surface area contributed by atoms with Crippen molar-refractivity contribution < 1.29 is 9.59 Å². The molecule has 0 unspecified atom stereocenters. The summed E-state index contributed by atoms with van der Waals surface area (Å²) in [5.41, 5.74) is 3.96. The number of nitrogens with zero attached hydrogens (tertiary/aromatic N) is 6. The van der Waals surface area contributed by atoms with Crippen molar-refractivity contribution in [1.29, 1.82) is 0 Å². The van der Waals surface area contributed by atoms with Crippen LogP contribution in [0.5, 0.6) is 0 Å². The van der Waals surface area contributed by atoms with Gasteiger partial charge in [0.1, 0.15) is 0 Å². The fourth-order valence-electron chi connectivity index (χ4n) is 4.83. The lowest BCUT2D eigenvalue weighted by Crippen LogP contribution is -2.47. The van der Waals surface area contributed by atoms with Crippen molar-refractivity contribution >= 4 is 22.7 Å². The van der Waals surface area contributed by atoms with Gasteiger partial charge in [-0.3, -0.25) is 19.3 Å². The summed E-state index contributed by atoms with van der Waals surface area (Å²) in [7, 11) is 3.93. The van der Waals surface area contributed by atoms with E-state index in [1.807, 2.05) is 54.1 Å². The Morgan fingerprint density at radius 2 is 1.67 bits per heavy atom. The van der Waals surface area contributed by atoms with Gasteiger partial charge in [0.25, 0.3) is 11.8 Å². The van der Waals surface area contributed by atoms with Crippen LogP contribution in [-0.2, 0) is 7.05 Å². The smallest absolute Gasteiger partial charge is 0.257 e. The molecule has 0 bridgehead atoms. The van der Waals surface area contributed by atoms with Gasteiger partial charge in [-0.1, -0.05) is 18.2 Å². The lowest BCUT2D eigenvalue weighted by atomic mass is 9.98. The van der Waals surface area contributed by atoms with E-state index in [9.17, 15) is 9.59 Å². The predicted octanol–water partition coefficient (Wildman–Crippen LogP) is 2.29. The molecule has 4 heterocycles. The second-order valence-corrected chi connectivity index (χ2v) is 9.21. The number of hydrogen-bond acceptors (Lipinski definition) is 5. The van der Waals surface area contributed by atoms with Crippen LogP contribution in [0.1, 0.15) is 44.4 Å². The van der Waals surface area contributed by atoms with E-state index in [2.05, 4.69) is 17.0 Å². The molecule has 0 saturated carbocycles. The number of fused-ring (bicyclic) bond motifs is 1. The highest BCUT2D eigenvalue weighted by atomic mass is 16.2. The largest absolute Gasteiger partial charge is 0.338 e. The monoisotopic (exact) mass is 446 g/mol. The quantitative estimate of drug-likeness (QED) is 0.617. The summed E-state index contributed by atoms with van der Waals surface area (Å²) < 4.78 is 1.72. The molecular weight excluding hydrogens is 416 g/mol. The summed E-state index contributed by atoms with van der Waals surface area (Å²) in [6.07, 6.45) is 2.48.